The van der Waals surface area contributed by atoms with E-state index in [0.717, 1.165) is 0 Å². The average Bonchev–Trinajstić information content (AvgIpc) is 0. The van der Waals surface area contributed by atoms with Gasteiger partial charge in [-0.25, -0.2) is 0 Å². The van der Waals surface area contributed by atoms with E-state index in [0.29, 0.717) is 0 Å². The first kappa shape index (κ1) is 38.8. The number of rotatable bonds is 0. The maximum absolute atomic E-state index is 0. The van der Waals surface area contributed by atoms with Crippen LogP contribution < -0.4 is 0 Å². The zero-order chi connectivity index (χ0) is 0. The molecular weight excluding hydrogens is 309 g/mol. The third kappa shape index (κ3) is 18.5. The third-order valence-corrected chi connectivity index (χ3v) is 0. The second kappa shape index (κ2) is 25.8. The van der Waals surface area contributed by atoms with Gasteiger partial charge in [-0.1, -0.05) is 0 Å². The first-order valence-corrected chi connectivity index (χ1v) is 0. The van der Waals surface area contributed by atoms with E-state index < -0.39 is 0 Å². The zero-order valence-corrected chi connectivity index (χ0v) is 13.9. The van der Waals surface area contributed by atoms with Crippen LogP contribution >= 0.6 is 0 Å². The van der Waals surface area contributed by atoms with Crippen LogP contribution in [0.4, 0.5) is 0 Å². The fraction of sp³-hybridized carbons (Fsp3) is 0. The van der Waals surface area contributed by atoms with Gasteiger partial charge in [-0.05, 0) is 0 Å². The fourth-order valence-electron chi connectivity index (χ4n) is 0. The van der Waals surface area contributed by atoms with Gasteiger partial charge in [-0.2, -0.15) is 0 Å². The molecule has 0 rings (SSSR count). The van der Waals surface area contributed by atoms with Crippen molar-refractivity contribution in [2.45, 2.75) is 0 Å². The molecule has 0 aromatic rings. The van der Waals surface area contributed by atoms with E-state index in [4.69, 9.17) is 0 Å². The summed E-state index contributed by atoms with van der Waals surface area (Å²) in [7, 11) is 0. The molecule has 0 bridgehead atoms. The predicted octanol–water partition coefficient (Wildman–Crippen LogP) is -1.15. The standard InChI is InChI=1S/Al.Ba.Si.V.Zn. The molecule has 5 heavy (non-hydrogen) atoms. The summed E-state index contributed by atoms with van der Waals surface area (Å²) < 4.78 is 0. The minimum Gasteiger partial charge on any atom is 0 e. The van der Waals surface area contributed by atoms with Crippen LogP contribution in [0.25, 0.3) is 0 Å². The zero-order valence-electron chi connectivity index (χ0n) is 2.94. The summed E-state index contributed by atoms with van der Waals surface area (Å²) in [4.78, 5) is 0. The van der Waals surface area contributed by atoms with E-state index >= 15 is 0 Å². The molecule has 0 saturated carbocycles. The summed E-state index contributed by atoms with van der Waals surface area (Å²) in [6, 6.07) is 0. The molecule has 0 unspecified atom stereocenters. The Morgan fingerprint density at radius 1 is 1.00 bits per heavy atom. The first-order valence-electron chi connectivity index (χ1n) is 0. The van der Waals surface area contributed by atoms with Crippen molar-refractivity contribution in [1.82, 2.24) is 0 Å². The summed E-state index contributed by atoms with van der Waals surface area (Å²) in [6.07, 6.45) is 0. The largest absolute Gasteiger partial charge is 0 e. The third-order valence-electron chi connectivity index (χ3n) is 0. The van der Waals surface area contributed by atoms with Gasteiger partial charge in [0.15, 0.2) is 0 Å². The van der Waals surface area contributed by atoms with Gasteiger partial charge < -0.3 is 0 Å². The van der Waals surface area contributed by atoms with E-state index in [1.54, 1.807) is 0 Å². The molecule has 0 N–H and O–H groups in total. The van der Waals surface area contributed by atoms with Gasteiger partial charge in [0.25, 0.3) is 0 Å². The summed E-state index contributed by atoms with van der Waals surface area (Å²) in [5.74, 6) is 0. The van der Waals surface area contributed by atoms with Crippen LogP contribution in [0.15, 0.2) is 0 Å². The topological polar surface area (TPSA) is 0 Å². The van der Waals surface area contributed by atoms with Crippen molar-refractivity contribution >= 4 is 77.2 Å². The van der Waals surface area contributed by atoms with E-state index in [1.807, 2.05) is 0 Å². The molecule has 0 amide bonds. The number of hydrogen-bond donors (Lipinski definition) is 0. The second-order valence-electron chi connectivity index (χ2n) is 0. The van der Waals surface area contributed by atoms with Crippen LogP contribution in [0.1, 0.15) is 0 Å². The van der Waals surface area contributed by atoms with Crippen molar-refractivity contribution in [3.8, 4) is 0 Å². The van der Waals surface area contributed by atoms with Crippen LogP contribution in [0.5, 0.6) is 0 Å². The Morgan fingerprint density at radius 3 is 1.00 bits per heavy atom. The Hall–Kier alpha value is 3.53. The smallest absolute Gasteiger partial charge is 0 e. The Balaban J connectivity index is 0. The van der Waals surface area contributed by atoms with Crippen molar-refractivity contribution < 1.29 is 38.0 Å². The molecule has 0 aromatic heterocycles. The molecule has 10 radical (unpaired) electrons. The van der Waals surface area contributed by atoms with Gasteiger partial charge in [-0.3, -0.25) is 0 Å². The number of hydrogen-bond acceptors (Lipinski definition) is 0. The van der Waals surface area contributed by atoms with E-state index in [2.05, 4.69) is 0 Å². The van der Waals surface area contributed by atoms with Crippen molar-refractivity contribution in [3.05, 3.63) is 0 Å². The van der Waals surface area contributed by atoms with Gasteiger partial charge in [0, 0.05) is 115 Å². The van der Waals surface area contributed by atoms with E-state index in [9.17, 15) is 0 Å². The van der Waals surface area contributed by atoms with Gasteiger partial charge in [0.05, 0.1) is 0 Å². The SMILES string of the molecule is [Al].[Ba].[Si].[V].[Zn]. The quantitative estimate of drug-likeness (QED) is 0.496. The summed E-state index contributed by atoms with van der Waals surface area (Å²) in [5.41, 5.74) is 0. The maximum atomic E-state index is 0. The molecule has 0 nitrogen and oxygen atoms in total. The molecule has 0 atom stereocenters. The Morgan fingerprint density at radius 2 is 1.00 bits per heavy atom. The van der Waals surface area contributed by atoms with Crippen LogP contribution in [0, 0.1) is 0 Å². The molecule has 0 heterocycles. The van der Waals surface area contributed by atoms with Crippen molar-refractivity contribution in [2.24, 2.45) is 0 Å². The molecular formula is AlBaSiVZn. The minimum absolute atomic E-state index is 0. The van der Waals surface area contributed by atoms with E-state index in [1.165, 1.54) is 0 Å². The maximum Gasteiger partial charge on any atom is 0 e. The molecule has 5 heteroatoms. The van der Waals surface area contributed by atoms with Crippen LogP contribution in [0.2, 0.25) is 0 Å². The average molecular weight is 309 g/mol. The van der Waals surface area contributed by atoms with E-state index in [-0.39, 0.29) is 115 Å². The van der Waals surface area contributed by atoms with Gasteiger partial charge in [-0.15, -0.1) is 0 Å². The van der Waals surface area contributed by atoms with Crippen molar-refractivity contribution in [2.75, 3.05) is 0 Å². The molecule has 16 valence electrons. The summed E-state index contributed by atoms with van der Waals surface area (Å²) in [5, 5.41) is 0. The molecule has 0 aromatic carbocycles. The van der Waals surface area contributed by atoms with Crippen LogP contribution in [-0.2, 0) is 38.0 Å². The molecule has 0 aliphatic carbocycles. The molecule has 0 spiro atoms. The van der Waals surface area contributed by atoms with Crippen molar-refractivity contribution in [1.29, 1.82) is 0 Å². The Kier molecular flexibility index (Phi) is 200. The predicted molar refractivity (Wildman–Crippen MR) is 17.3 cm³/mol. The van der Waals surface area contributed by atoms with Crippen LogP contribution in [0.3, 0.4) is 0 Å². The van der Waals surface area contributed by atoms with Gasteiger partial charge >= 0.3 is 0 Å². The molecule has 0 fully saturated rings. The Bertz CT molecular complexity index is 11.6. The second-order valence-corrected chi connectivity index (χ2v) is 0. The molecule has 0 aliphatic rings. The Labute approximate surface area is 112 Å². The van der Waals surface area contributed by atoms with Crippen molar-refractivity contribution in [3.63, 3.8) is 0 Å². The molecule has 0 aliphatic heterocycles. The minimum atomic E-state index is 0. The fourth-order valence-corrected chi connectivity index (χ4v) is 0. The summed E-state index contributed by atoms with van der Waals surface area (Å²) in [6.45, 7) is 0. The monoisotopic (exact) mass is 308 g/mol. The van der Waals surface area contributed by atoms with Gasteiger partial charge in [0.1, 0.15) is 0 Å². The first-order chi connectivity index (χ1) is 0. The summed E-state index contributed by atoms with van der Waals surface area (Å²) >= 11 is 0. The molecule has 0 saturated heterocycles. The van der Waals surface area contributed by atoms with Crippen LogP contribution in [-0.4, -0.2) is 77.2 Å². The van der Waals surface area contributed by atoms with Gasteiger partial charge in [0.2, 0.25) is 0 Å². The normalized spacial score (nSPS) is 0.